The lowest BCUT2D eigenvalue weighted by atomic mass is 9.91. The lowest BCUT2D eigenvalue weighted by molar-refractivity contribution is 0.287. The van der Waals surface area contributed by atoms with E-state index in [1.807, 2.05) is 19.9 Å². The van der Waals surface area contributed by atoms with Crippen LogP contribution in [0.3, 0.4) is 0 Å². The van der Waals surface area contributed by atoms with Crippen LogP contribution in [0.25, 0.3) is 0 Å². The van der Waals surface area contributed by atoms with Crippen molar-refractivity contribution >= 4 is 11.6 Å². The highest BCUT2D eigenvalue weighted by molar-refractivity contribution is 6.20. The highest BCUT2D eigenvalue weighted by atomic mass is 35.5. The minimum absolute atomic E-state index is 0.310. The molecule has 0 aliphatic heterocycles. The Hall–Kier alpha value is -0.890. The second-order valence-corrected chi connectivity index (χ2v) is 6.00. The first-order valence-corrected chi connectivity index (χ1v) is 8.21. The monoisotopic (exact) mass is 296 g/mol. The summed E-state index contributed by atoms with van der Waals surface area (Å²) in [4.78, 5) is 0. The van der Waals surface area contributed by atoms with Crippen molar-refractivity contribution in [2.24, 2.45) is 0 Å². The number of benzene rings is 1. The molecule has 0 aromatic heterocycles. The Morgan fingerprint density at radius 3 is 2.50 bits per heavy atom. The summed E-state index contributed by atoms with van der Waals surface area (Å²) in [7, 11) is 0. The molecule has 20 heavy (non-hydrogen) atoms. The van der Waals surface area contributed by atoms with Gasteiger partial charge in [0, 0.05) is 5.38 Å². The smallest absolute Gasteiger partial charge is 0.161 e. The van der Waals surface area contributed by atoms with Gasteiger partial charge in [0.25, 0.3) is 0 Å². The van der Waals surface area contributed by atoms with E-state index in [9.17, 15) is 0 Å². The number of ether oxygens (including phenoxy) is 2. The molecule has 0 heterocycles. The predicted molar refractivity (Wildman–Crippen MR) is 84.2 cm³/mol. The van der Waals surface area contributed by atoms with Crippen molar-refractivity contribution in [1.82, 2.24) is 0 Å². The van der Waals surface area contributed by atoms with Gasteiger partial charge in [0.15, 0.2) is 11.5 Å². The van der Waals surface area contributed by atoms with Gasteiger partial charge in [-0.2, -0.15) is 0 Å². The van der Waals surface area contributed by atoms with E-state index in [0.29, 0.717) is 24.5 Å². The van der Waals surface area contributed by atoms with Crippen molar-refractivity contribution < 1.29 is 9.47 Å². The first-order chi connectivity index (χ1) is 9.74. The fourth-order valence-electron chi connectivity index (χ4n) is 2.93. The summed E-state index contributed by atoms with van der Waals surface area (Å²) in [6, 6.07) is 6.36. The predicted octanol–water partition coefficient (Wildman–Crippen LogP) is 5.14. The van der Waals surface area contributed by atoms with E-state index >= 15 is 0 Å². The Morgan fingerprint density at radius 1 is 1.05 bits per heavy atom. The molecule has 2 unspecified atom stereocenters. The van der Waals surface area contributed by atoms with Gasteiger partial charge in [0.2, 0.25) is 0 Å². The molecular formula is C17H25ClO2. The van der Waals surface area contributed by atoms with Crippen molar-refractivity contribution in [1.29, 1.82) is 0 Å². The summed E-state index contributed by atoms with van der Waals surface area (Å²) in [6.07, 6.45) is 5.96. The molecule has 0 radical (unpaired) electrons. The molecule has 1 aromatic carbocycles. The van der Waals surface area contributed by atoms with Gasteiger partial charge in [0.1, 0.15) is 0 Å². The molecule has 0 bridgehead atoms. The minimum atomic E-state index is 0.310. The molecule has 1 aliphatic rings. The summed E-state index contributed by atoms with van der Waals surface area (Å²) in [5, 5.41) is 0.310. The Bertz CT molecular complexity index is 419. The fourth-order valence-corrected chi connectivity index (χ4v) is 3.29. The van der Waals surface area contributed by atoms with E-state index in [1.165, 1.54) is 24.8 Å². The van der Waals surface area contributed by atoms with Crippen LogP contribution in [-0.4, -0.2) is 18.6 Å². The average Bonchev–Trinajstić information content (AvgIpc) is 2.66. The molecule has 3 heteroatoms. The van der Waals surface area contributed by atoms with Crippen LogP contribution in [0.4, 0.5) is 0 Å². The second kappa shape index (κ2) is 7.78. The highest BCUT2D eigenvalue weighted by Crippen LogP contribution is 2.38. The van der Waals surface area contributed by atoms with Crippen LogP contribution in [0, 0.1) is 0 Å². The largest absolute Gasteiger partial charge is 0.490 e. The molecular weight excluding hydrogens is 272 g/mol. The van der Waals surface area contributed by atoms with Crippen LogP contribution in [0.1, 0.15) is 57.4 Å². The van der Waals surface area contributed by atoms with Crippen LogP contribution in [0.15, 0.2) is 18.2 Å². The van der Waals surface area contributed by atoms with Crippen LogP contribution in [0.5, 0.6) is 11.5 Å². The number of hydrogen-bond acceptors (Lipinski definition) is 2. The summed E-state index contributed by atoms with van der Waals surface area (Å²) in [5.41, 5.74) is 1.34. The van der Waals surface area contributed by atoms with E-state index in [4.69, 9.17) is 21.1 Å². The van der Waals surface area contributed by atoms with E-state index < -0.39 is 0 Å². The third-order valence-corrected chi connectivity index (χ3v) is 4.30. The van der Waals surface area contributed by atoms with Gasteiger partial charge in [0.05, 0.1) is 13.2 Å². The molecule has 1 aliphatic carbocycles. The summed E-state index contributed by atoms with van der Waals surface area (Å²) in [6.45, 7) is 5.31. The molecule has 0 amide bonds. The maximum absolute atomic E-state index is 6.39. The maximum Gasteiger partial charge on any atom is 0.161 e. The third-order valence-electron chi connectivity index (χ3n) is 3.90. The zero-order valence-corrected chi connectivity index (χ0v) is 13.3. The molecule has 0 N–H and O–H groups in total. The quantitative estimate of drug-likeness (QED) is 0.553. The normalized spacial score (nSPS) is 23.1. The minimum Gasteiger partial charge on any atom is -0.490 e. The molecule has 0 saturated heterocycles. The van der Waals surface area contributed by atoms with Crippen molar-refractivity contribution in [3.8, 4) is 11.5 Å². The molecule has 112 valence electrons. The fraction of sp³-hybridized carbons (Fsp3) is 0.647. The Labute approximate surface area is 127 Å². The topological polar surface area (TPSA) is 18.5 Å². The SMILES string of the molecule is CCOc1ccc(C2CCCCC(Cl)C2)cc1OCC. The molecule has 1 aromatic rings. The molecule has 1 fully saturated rings. The van der Waals surface area contributed by atoms with Crippen molar-refractivity contribution in [2.75, 3.05) is 13.2 Å². The van der Waals surface area contributed by atoms with Gasteiger partial charge in [-0.3, -0.25) is 0 Å². The van der Waals surface area contributed by atoms with Crippen LogP contribution < -0.4 is 9.47 Å². The second-order valence-electron chi connectivity index (χ2n) is 5.39. The van der Waals surface area contributed by atoms with Crippen LogP contribution in [-0.2, 0) is 0 Å². The highest BCUT2D eigenvalue weighted by Gasteiger charge is 2.21. The third kappa shape index (κ3) is 4.05. The Morgan fingerprint density at radius 2 is 1.75 bits per heavy atom. The lowest BCUT2D eigenvalue weighted by Crippen LogP contribution is -2.05. The van der Waals surface area contributed by atoms with E-state index in [0.717, 1.165) is 24.3 Å². The zero-order chi connectivity index (χ0) is 14.4. The van der Waals surface area contributed by atoms with Crippen molar-refractivity contribution in [3.63, 3.8) is 0 Å². The first-order valence-electron chi connectivity index (χ1n) is 7.78. The number of hydrogen-bond donors (Lipinski definition) is 0. The lowest BCUT2D eigenvalue weighted by Gasteiger charge is -2.19. The van der Waals surface area contributed by atoms with Crippen LogP contribution in [0.2, 0.25) is 0 Å². The number of halogens is 1. The molecule has 1 saturated carbocycles. The molecule has 2 nitrogen and oxygen atoms in total. The van der Waals surface area contributed by atoms with E-state index in [1.54, 1.807) is 0 Å². The van der Waals surface area contributed by atoms with E-state index in [-0.39, 0.29) is 0 Å². The maximum atomic E-state index is 6.39. The molecule has 0 spiro atoms. The van der Waals surface area contributed by atoms with Gasteiger partial charge in [-0.1, -0.05) is 18.9 Å². The molecule has 2 atom stereocenters. The standard InChI is InChI=1S/C17H25ClO2/c1-3-19-16-10-9-14(12-17(16)20-4-2)13-7-5-6-8-15(18)11-13/h9-10,12-13,15H,3-8,11H2,1-2H3. The summed E-state index contributed by atoms with van der Waals surface area (Å²) in [5.74, 6) is 2.26. The van der Waals surface area contributed by atoms with Crippen molar-refractivity contribution in [3.05, 3.63) is 23.8 Å². The Balaban J connectivity index is 2.20. The zero-order valence-electron chi connectivity index (χ0n) is 12.5. The van der Waals surface area contributed by atoms with Crippen LogP contribution >= 0.6 is 11.6 Å². The molecule has 2 rings (SSSR count). The van der Waals surface area contributed by atoms with Crippen molar-refractivity contribution in [2.45, 2.75) is 57.2 Å². The van der Waals surface area contributed by atoms with Gasteiger partial charge >= 0.3 is 0 Å². The van der Waals surface area contributed by atoms with Gasteiger partial charge in [-0.15, -0.1) is 11.6 Å². The van der Waals surface area contributed by atoms with Gasteiger partial charge in [-0.05, 0) is 56.7 Å². The Kier molecular flexibility index (Phi) is 6.03. The summed E-state index contributed by atoms with van der Waals surface area (Å²) >= 11 is 6.39. The average molecular weight is 297 g/mol. The van der Waals surface area contributed by atoms with E-state index in [2.05, 4.69) is 12.1 Å². The first kappa shape index (κ1) is 15.5. The number of alkyl halides is 1. The number of rotatable bonds is 5. The van der Waals surface area contributed by atoms with Gasteiger partial charge in [-0.25, -0.2) is 0 Å². The summed E-state index contributed by atoms with van der Waals surface area (Å²) < 4.78 is 11.3. The van der Waals surface area contributed by atoms with Gasteiger partial charge < -0.3 is 9.47 Å².